The summed E-state index contributed by atoms with van der Waals surface area (Å²) in [5.74, 6) is -3.71. The summed E-state index contributed by atoms with van der Waals surface area (Å²) in [7, 11) is 0. The predicted octanol–water partition coefficient (Wildman–Crippen LogP) is 4.52. The predicted molar refractivity (Wildman–Crippen MR) is 166 cm³/mol. The van der Waals surface area contributed by atoms with Crippen molar-refractivity contribution >= 4 is 5.97 Å². The van der Waals surface area contributed by atoms with Crippen molar-refractivity contribution in [2.24, 2.45) is 35.5 Å². The highest BCUT2D eigenvalue weighted by atomic mass is 16.9. The number of aliphatic hydroxyl groups excluding tert-OH is 3. The zero-order chi connectivity index (χ0) is 32.4. The van der Waals surface area contributed by atoms with Crippen LogP contribution in [0.4, 0.5) is 0 Å². The number of hydrogen-bond acceptors (Lipinski definition) is 9. The summed E-state index contributed by atoms with van der Waals surface area (Å²) < 4.78 is 34.6. The lowest BCUT2D eigenvalue weighted by atomic mass is 9.51. The highest BCUT2D eigenvalue weighted by molar-refractivity contribution is 5.89. The van der Waals surface area contributed by atoms with Crippen LogP contribution in [0, 0.1) is 35.5 Å². The van der Waals surface area contributed by atoms with E-state index in [1.54, 1.807) is 24.3 Å². The van der Waals surface area contributed by atoms with E-state index < -0.39 is 77.2 Å². The minimum atomic E-state index is -1.84. The first kappa shape index (κ1) is 31.4. The van der Waals surface area contributed by atoms with Crippen molar-refractivity contribution in [1.82, 2.24) is 0 Å². The summed E-state index contributed by atoms with van der Waals surface area (Å²) in [5, 5.41) is 36.4. The van der Waals surface area contributed by atoms with E-state index in [2.05, 4.69) is 20.4 Å². The van der Waals surface area contributed by atoms with Crippen LogP contribution in [0.5, 0.6) is 0 Å². The summed E-state index contributed by atoms with van der Waals surface area (Å²) in [6, 6.07) is 8.70. The van der Waals surface area contributed by atoms with Crippen LogP contribution in [-0.4, -0.2) is 80.7 Å². The molecule has 4 heterocycles. The third-order valence-electron chi connectivity index (χ3n) is 13.6. The molecule has 3 aliphatic carbocycles. The van der Waals surface area contributed by atoms with Crippen molar-refractivity contribution in [2.75, 3.05) is 6.61 Å². The lowest BCUT2D eigenvalue weighted by Crippen LogP contribution is -2.74. The first-order valence-electron chi connectivity index (χ1n) is 17.6. The van der Waals surface area contributed by atoms with Crippen molar-refractivity contribution in [3.63, 3.8) is 0 Å². The summed E-state index contributed by atoms with van der Waals surface area (Å²) in [5.41, 5.74) is -4.09. The fourth-order valence-electron chi connectivity index (χ4n) is 11.6. The van der Waals surface area contributed by atoms with E-state index in [1.165, 1.54) is 0 Å². The Morgan fingerprint density at radius 2 is 1.72 bits per heavy atom. The Bertz CT molecular complexity index is 1400. The molecule has 0 amide bonds. The molecule has 0 radical (unpaired) electrons. The Labute approximate surface area is 271 Å². The molecule has 4 saturated heterocycles. The fourth-order valence-corrected chi connectivity index (χ4v) is 11.6. The zero-order valence-electron chi connectivity index (χ0n) is 27.5. The summed E-state index contributed by atoms with van der Waals surface area (Å²) >= 11 is 0. The number of ether oxygens (including phenoxy) is 5. The Kier molecular flexibility index (Phi) is 7.06. The van der Waals surface area contributed by atoms with Gasteiger partial charge in [-0.25, -0.2) is 4.79 Å². The standard InChI is InChI=1S/C37H50O9/c1-20(2)33-18-22(4)36-26-29(33)43-35(45-33,46-36)17-13-8-6-7-10-14-21(3)25-23(5)28(39)37(27(25)36,32(41)34(19-38)30(26)42-34)44-31(40)24-15-11-9-12-16-24/h9,11-12,15-16,21-23,25-30,32,38-39,41H,1,6-8,10,13-14,17-19H2,2-5H3/t21-,22+,23-,25-,26+,27-,28-,29+,30-,32+,33+,34-,35?,36+,37+/m0/s1. The molecule has 4 aliphatic heterocycles. The molecule has 1 aromatic carbocycles. The van der Waals surface area contributed by atoms with Gasteiger partial charge in [0.25, 0.3) is 5.97 Å². The molecule has 3 saturated carbocycles. The highest BCUT2D eigenvalue weighted by Crippen LogP contribution is 2.76. The van der Waals surface area contributed by atoms with Crippen LogP contribution in [0.15, 0.2) is 42.5 Å². The fraction of sp³-hybridized carbons (Fsp3) is 0.757. The van der Waals surface area contributed by atoms with Gasteiger partial charge in [-0.15, -0.1) is 0 Å². The van der Waals surface area contributed by atoms with Gasteiger partial charge in [0.05, 0.1) is 23.9 Å². The van der Waals surface area contributed by atoms with Crippen LogP contribution in [0.25, 0.3) is 0 Å². The van der Waals surface area contributed by atoms with Gasteiger partial charge in [-0.2, -0.15) is 0 Å². The Balaban J connectivity index is 1.41. The molecule has 2 spiro atoms. The smallest absolute Gasteiger partial charge is 0.338 e. The van der Waals surface area contributed by atoms with Gasteiger partial charge in [0, 0.05) is 18.3 Å². The number of epoxide rings is 1. The Morgan fingerprint density at radius 1 is 1.00 bits per heavy atom. The third kappa shape index (κ3) is 3.74. The van der Waals surface area contributed by atoms with Crippen molar-refractivity contribution < 1.29 is 43.8 Å². The number of carbonyl (C=O) groups is 1. The molecule has 3 N–H and O–H groups in total. The first-order chi connectivity index (χ1) is 21.9. The molecule has 3 bridgehead atoms. The summed E-state index contributed by atoms with van der Waals surface area (Å²) in [6.07, 6.45) is 3.19. The van der Waals surface area contributed by atoms with Crippen molar-refractivity contribution in [3.8, 4) is 0 Å². The highest BCUT2D eigenvalue weighted by Gasteiger charge is 2.90. The average Bonchev–Trinajstić information content (AvgIpc) is 3.68. The average molecular weight is 639 g/mol. The topological polar surface area (TPSA) is 127 Å². The minimum absolute atomic E-state index is 0.122. The number of hydrogen-bond donors (Lipinski definition) is 3. The van der Waals surface area contributed by atoms with Gasteiger partial charge >= 0.3 is 5.97 Å². The van der Waals surface area contributed by atoms with Gasteiger partial charge < -0.3 is 39.0 Å². The van der Waals surface area contributed by atoms with E-state index in [4.69, 9.17) is 23.7 Å². The van der Waals surface area contributed by atoms with Gasteiger partial charge in [-0.3, -0.25) is 0 Å². The van der Waals surface area contributed by atoms with E-state index in [9.17, 15) is 20.1 Å². The van der Waals surface area contributed by atoms with Crippen LogP contribution in [0.2, 0.25) is 0 Å². The quantitative estimate of drug-likeness (QED) is 0.248. The zero-order valence-corrected chi connectivity index (χ0v) is 27.5. The second kappa shape index (κ2) is 10.3. The molecule has 8 rings (SSSR count). The largest absolute Gasteiger partial charge is 0.449 e. The molecule has 7 fully saturated rings. The lowest BCUT2D eigenvalue weighted by molar-refractivity contribution is -0.437. The van der Waals surface area contributed by atoms with Gasteiger partial charge in [0.15, 0.2) is 5.60 Å². The molecule has 46 heavy (non-hydrogen) atoms. The molecule has 9 nitrogen and oxygen atoms in total. The van der Waals surface area contributed by atoms with Crippen LogP contribution < -0.4 is 0 Å². The Morgan fingerprint density at radius 3 is 2.43 bits per heavy atom. The maximum atomic E-state index is 14.2. The maximum Gasteiger partial charge on any atom is 0.338 e. The van der Waals surface area contributed by atoms with Crippen LogP contribution >= 0.6 is 0 Å². The van der Waals surface area contributed by atoms with E-state index >= 15 is 0 Å². The molecular weight excluding hydrogens is 588 g/mol. The first-order valence-corrected chi connectivity index (χ1v) is 17.6. The molecule has 252 valence electrons. The second-order valence-electron chi connectivity index (χ2n) is 15.9. The molecule has 7 aliphatic rings. The second-order valence-corrected chi connectivity index (χ2v) is 15.9. The maximum absolute atomic E-state index is 14.2. The third-order valence-corrected chi connectivity index (χ3v) is 13.6. The monoisotopic (exact) mass is 638 g/mol. The number of rotatable bonds is 4. The van der Waals surface area contributed by atoms with Crippen LogP contribution in [0.3, 0.4) is 0 Å². The van der Waals surface area contributed by atoms with E-state index in [1.807, 2.05) is 19.9 Å². The van der Waals surface area contributed by atoms with E-state index in [0.29, 0.717) is 18.4 Å². The van der Waals surface area contributed by atoms with E-state index in [0.717, 1.165) is 44.1 Å². The molecular formula is C37H50O9. The van der Waals surface area contributed by atoms with Gasteiger partial charge in [-0.05, 0) is 61.1 Å². The SMILES string of the molecule is C=C(C)[C@]12C[C@@H](C)[C@]34OC5(CCCCCCC[C@H](C)[C@H]6[C@H](C)[C@H](O)[C@](OC(=O)c7ccccc7)([C@@H]63)[C@H](O)[C@@]3(CO)O[C@H]3[C@H]4[C@H]1O5)O2. The van der Waals surface area contributed by atoms with Crippen molar-refractivity contribution in [3.05, 3.63) is 48.0 Å². The Hall–Kier alpha value is -1.85. The normalized spacial score (nSPS) is 53.6. The number of aliphatic hydroxyl groups is 3. The van der Waals surface area contributed by atoms with Crippen molar-refractivity contribution in [1.29, 1.82) is 0 Å². The number of esters is 1. The molecule has 1 aromatic rings. The molecule has 1 unspecified atom stereocenters. The van der Waals surface area contributed by atoms with Gasteiger partial charge in [0.2, 0.25) is 0 Å². The summed E-state index contributed by atoms with van der Waals surface area (Å²) in [6.45, 7) is 12.3. The van der Waals surface area contributed by atoms with Gasteiger partial charge in [0.1, 0.15) is 29.5 Å². The number of fused-ring (bicyclic) bond motifs is 1. The van der Waals surface area contributed by atoms with E-state index in [-0.39, 0.29) is 23.7 Å². The number of carbonyl (C=O) groups excluding carboxylic acids is 1. The van der Waals surface area contributed by atoms with Gasteiger partial charge in [-0.1, -0.05) is 77.7 Å². The molecule has 15 atom stereocenters. The molecule has 9 heteroatoms. The van der Waals surface area contributed by atoms with Crippen LogP contribution in [-0.2, 0) is 23.7 Å². The minimum Gasteiger partial charge on any atom is -0.449 e. The summed E-state index contributed by atoms with van der Waals surface area (Å²) in [4.78, 5) is 14.2. The lowest BCUT2D eigenvalue weighted by Gasteiger charge is -2.62. The molecule has 0 aromatic heterocycles. The van der Waals surface area contributed by atoms with Crippen LogP contribution in [0.1, 0.15) is 89.4 Å². The van der Waals surface area contributed by atoms with Crippen molar-refractivity contribution in [2.45, 2.75) is 132 Å². The number of benzene rings is 1.